The fraction of sp³-hybridized carbons (Fsp3) is 0.407. The summed E-state index contributed by atoms with van der Waals surface area (Å²) in [5.74, 6) is 0.0343. The Morgan fingerprint density at radius 1 is 0.686 bits per heavy atom. The number of hydrogen-bond donors (Lipinski definition) is 2. The number of nitrogens with one attached hydrogen (secondary N) is 2. The van der Waals surface area contributed by atoms with Crippen LogP contribution < -0.4 is 10.6 Å². The fourth-order valence-corrected chi connectivity index (χ4v) is 6.01. The topological polar surface area (TPSA) is 84.0 Å². The van der Waals surface area contributed by atoms with E-state index in [4.69, 9.17) is 0 Å². The second-order valence-electron chi connectivity index (χ2n) is 8.64. The van der Waals surface area contributed by atoms with E-state index in [9.17, 15) is 9.59 Å². The first kappa shape index (κ1) is 25.3. The van der Waals surface area contributed by atoms with Gasteiger partial charge in [0.15, 0.2) is 10.3 Å². The summed E-state index contributed by atoms with van der Waals surface area (Å²) in [4.78, 5) is 33.8. The molecule has 0 aliphatic carbocycles. The van der Waals surface area contributed by atoms with Crippen LogP contribution in [0.25, 0.3) is 20.4 Å². The molecule has 4 rings (SSSR count). The molecule has 6 nitrogen and oxygen atoms in total. The Hall–Kier alpha value is -2.84. The molecule has 4 aromatic rings. The molecule has 0 aliphatic rings. The molecule has 0 atom stereocenters. The van der Waals surface area contributed by atoms with Crippen LogP contribution in [-0.2, 0) is 22.4 Å². The molecular weight excluding hydrogens is 476 g/mol. The number of amides is 2. The summed E-state index contributed by atoms with van der Waals surface area (Å²) in [5, 5.41) is 7.25. The molecule has 0 saturated heterocycles. The van der Waals surface area contributed by atoms with Crippen LogP contribution in [0.3, 0.4) is 0 Å². The highest BCUT2D eigenvalue weighted by Gasteiger charge is 2.11. The predicted octanol–water partition coefficient (Wildman–Crippen LogP) is 7.34. The van der Waals surface area contributed by atoms with Gasteiger partial charge in [-0.1, -0.05) is 80.0 Å². The van der Waals surface area contributed by atoms with Crippen molar-refractivity contribution >= 4 is 65.2 Å². The number of carbonyl (C=O) groups is 2. The number of aromatic nitrogens is 2. The maximum absolute atomic E-state index is 12.3. The number of aryl methyl sites for hydroxylation is 2. The number of nitrogens with zero attached hydrogens (tertiary/aromatic N) is 2. The van der Waals surface area contributed by atoms with Crippen LogP contribution in [0.15, 0.2) is 36.4 Å². The lowest BCUT2D eigenvalue weighted by molar-refractivity contribution is -0.117. The van der Waals surface area contributed by atoms with Crippen molar-refractivity contribution < 1.29 is 9.59 Å². The van der Waals surface area contributed by atoms with Gasteiger partial charge in [-0.05, 0) is 48.9 Å². The largest absolute Gasteiger partial charge is 0.302 e. The second kappa shape index (κ2) is 12.2. The molecule has 2 amide bonds. The lowest BCUT2D eigenvalue weighted by Gasteiger charge is -2.03. The van der Waals surface area contributed by atoms with Crippen molar-refractivity contribution in [1.29, 1.82) is 0 Å². The van der Waals surface area contributed by atoms with E-state index < -0.39 is 0 Å². The molecule has 0 radical (unpaired) electrons. The zero-order chi connectivity index (χ0) is 24.6. The quantitative estimate of drug-likeness (QED) is 0.196. The molecule has 2 heterocycles. The number of rotatable bonds is 12. The summed E-state index contributed by atoms with van der Waals surface area (Å²) >= 11 is 3.05. The van der Waals surface area contributed by atoms with Crippen molar-refractivity contribution in [2.45, 2.75) is 71.6 Å². The minimum Gasteiger partial charge on any atom is -0.302 e. The van der Waals surface area contributed by atoms with Crippen molar-refractivity contribution in [2.24, 2.45) is 0 Å². The molecule has 0 fully saturated rings. The Morgan fingerprint density at radius 3 is 1.54 bits per heavy atom. The van der Waals surface area contributed by atoms with Gasteiger partial charge in [-0.25, -0.2) is 9.97 Å². The fourth-order valence-electron chi connectivity index (χ4n) is 4.15. The molecule has 0 bridgehead atoms. The highest BCUT2D eigenvalue weighted by atomic mass is 32.1. The zero-order valence-corrected chi connectivity index (χ0v) is 22.0. The van der Waals surface area contributed by atoms with Gasteiger partial charge in [0.1, 0.15) is 0 Å². The summed E-state index contributed by atoms with van der Waals surface area (Å²) in [5.41, 5.74) is 4.40. The van der Waals surface area contributed by atoms with E-state index in [0.29, 0.717) is 23.1 Å². The highest BCUT2D eigenvalue weighted by molar-refractivity contribution is 7.22. The van der Waals surface area contributed by atoms with Crippen LogP contribution >= 0.6 is 22.7 Å². The smallest absolute Gasteiger partial charge is 0.226 e. The van der Waals surface area contributed by atoms with Gasteiger partial charge in [0, 0.05) is 12.8 Å². The summed E-state index contributed by atoms with van der Waals surface area (Å²) in [6.45, 7) is 4.23. The van der Waals surface area contributed by atoms with Gasteiger partial charge >= 0.3 is 0 Å². The van der Waals surface area contributed by atoms with E-state index in [1.54, 1.807) is 0 Å². The van der Waals surface area contributed by atoms with Gasteiger partial charge in [0.25, 0.3) is 0 Å². The number of unbranched alkanes of at least 4 members (excludes halogenated alkanes) is 4. The molecule has 0 aliphatic heterocycles. The minimum absolute atomic E-state index is 0.0172. The molecule has 2 aromatic heterocycles. The van der Waals surface area contributed by atoms with Crippen LogP contribution in [0.2, 0.25) is 0 Å². The van der Waals surface area contributed by atoms with E-state index in [0.717, 1.165) is 65.4 Å². The highest BCUT2D eigenvalue weighted by Crippen LogP contribution is 2.29. The third kappa shape index (κ3) is 6.64. The van der Waals surface area contributed by atoms with Crippen molar-refractivity contribution in [3.63, 3.8) is 0 Å². The van der Waals surface area contributed by atoms with Crippen molar-refractivity contribution in [3.05, 3.63) is 47.5 Å². The van der Waals surface area contributed by atoms with Gasteiger partial charge in [0.2, 0.25) is 11.8 Å². The second-order valence-corrected chi connectivity index (χ2v) is 10.7. The molecule has 2 N–H and O–H groups in total. The van der Waals surface area contributed by atoms with Crippen LogP contribution in [0.5, 0.6) is 0 Å². The SMILES string of the molecule is CCc1cccc2sc(NC(=O)CCCCCCCC(=O)Nc3nc4c(CC)cccc4s3)nc12. The van der Waals surface area contributed by atoms with Crippen LogP contribution in [0, 0.1) is 0 Å². The number of anilines is 2. The van der Waals surface area contributed by atoms with Gasteiger partial charge in [-0.2, -0.15) is 0 Å². The van der Waals surface area contributed by atoms with E-state index in [1.165, 1.54) is 33.8 Å². The molecule has 2 aromatic carbocycles. The number of hydrogen-bond acceptors (Lipinski definition) is 6. The van der Waals surface area contributed by atoms with E-state index in [1.807, 2.05) is 24.3 Å². The monoisotopic (exact) mass is 508 g/mol. The number of fused-ring (bicyclic) bond motifs is 2. The maximum Gasteiger partial charge on any atom is 0.226 e. The molecule has 8 heteroatoms. The Kier molecular flexibility index (Phi) is 8.82. The molecule has 0 saturated carbocycles. The van der Waals surface area contributed by atoms with Crippen LogP contribution in [-0.4, -0.2) is 21.8 Å². The van der Waals surface area contributed by atoms with Gasteiger partial charge < -0.3 is 10.6 Å². The summed E-state index contributed by atoms with van der Waals surface area (Å²) in [7, 11) is 0. The summed E-state index contributed by atoms with van der Waals surface area (Å²) in [6, 6.07) is 12.3. The molecule has 0 spiro atoms. The van der Waals surface area contributed by atoms with Crippen molar-refractivity contribution in [1.82, 2.24) is 9.97 Å². The van der Waals surface area contributed by atoms with E-state index in [2.05, 4.69) is 46.6 Å². The summed E-state index contributed by atoms with van der Waals surface area (Å²) in [6.07, 6.45) is 7.50. The Labute approximate surface area is 214 Å². The van der Waals surface area contributed by atoms with E-state index in [-0.39, 0.29) is 11.8 Å². The van der Waals surface area contributed by atoms with E-state index >= 15 is 0 Å². The third-order valence-corrected chi connectivity index (χ3v) is 7.94. The molecule has 184 valence electrons. The average molecular weight is 509 g/mol. The number of thiazole rings is 2. The first-order valence-electron chi connectivity index (χ1n) is 12.4. The van der Waals surface area contributed by atoms with Crippen molar-refractivity contribution in [3.8, 4) is 0 Å². The third-order valence-electron chi connectivity index (χ3n) is 6.07. The normalized spacial score (nSPS) is 11.3. The molecular formula is C27H32N4O2S2. The van der Waals surface area contributed by atoms with Gasteiger partial charge in [0.05, 0.1) is 20.4 Å². The number of carbonyl (C=O) groups excluding carboxylic acids is 2. The Bertz CT molecular complexity index is 1210. The lowest BCUT2D eigenvalue weighted by atomic mass is 10.1. The predicted molar refractivity (Wildman–Crippen MR) is 148 cm³/mol. The van der Waals surface area contributed by atoms with Crippen molar-refractivity contribution in [2.75, 3.05) is 10.6 Å². The number of para-hydroxylation sites is 2. The Balaban J connectivity index is 1.10. The average Bonchev–Trinajstić information content (AvgIpc) is 3.45. The molecule has 35 heavy (non-hydrogen) atoms. The first-order valence-corrected chi connectivity index (χ1v) is 14.1. The van der Waals surface area contributed by atoms with Gasteiger partial charge in [-0.3, -0.25) is 9.59 Å². The lowest BCUT2D eigenvalue weighted by Crippen LogP contribution is -2.11. The van der Waals surface area contributed by atoms with Crippen LogP contribution in [0.4, 0.5) is 10.3 Å². The zero-order valence-electron chi connectivity index (χ0n) is 20.4. The molecule has 0 unspecified atom stereocenters. The number of benzene rings is 2. The maximum atomic E-state index is 12.3. The minimum atomic E-state index is 0.0172. The van der Waals surface area contributed by atoms with Crippen LogP contribution in [0.1, 0.15) is 69.9 Å². The standard InChI is InChI=1S/C27H32N4O2S2/c1-3-18-12-10-14-20-24(18)30-26(34-20)28-22(32)16-8-6-5-7-9-17-23(33)29-27-31-25-19(4-2)13-11-15-21(25)35-27/h10-15H,3-9,16-17H2,1-2H3,(H,28,30,32)(H,29,31,33). The first-order chi connectivity index (χ1) is 17.1. The Morgan fingerprint density at radius 2 is 1.11 bits per heavy atom. The summed E-state index contributed by atoms with van der Waals surface area (Å²) < 4.78 is 2.22. The van der Waals surface area contributed by atoms with Gasteiger partial charge in [-0.15, -0.1) is 0 Å².